The highest BCUT2D eigenvalue weighted by atomic mass is 35.5. The van der Waals surface area contributed by atoms with Crippen molar-refractivity contribution in [3.63, 3.8) is 0 Å². The minimum absolute atomic E-state index is 0.0170. The van der Waals surface area contributed by atoms with Gasteiger partial charge in [0.05, 0.1) is 30.2 Å². The molecule has 150 valence electrons. The number of rotatable bonds is 9. The standard InChI is InChI=1S/C20H22Cl2N2O3S/c1-4-13(2)27-20-17(22)9-14(10-18(20)26-3)11-23-24-19(25)12-28-16-7-5-15(21)6-8-16/h5-11,13H,4,12H2,1-3H3,(H,24,25)/b23-11-/t13-/m0/s1. The van der Waals surface area contributed by atoms with Gasteiger partial charge >= 0.3 is 0 Å². The van der Waals surface area contributed by atoms with Gasteiger partial charge in [-0.2, -0.15) is 5.10 Å². The quantitative estimate of drug-likeness (QED) is 0.321. The summed E-state index contributed by atoms with van der Waals surface area (Å²) in [6, 6.07) is 10.8. The van der Waals surface area contributed by atoms with Gasteiger partial charge in [0.2, 0.25) is 5.91 Å². The highest BCUT2D eigenvalue weighted by Crippen LogP contribution is 2.37. The number of thioether (sulfide) groups is 1. The van der Waals surface area contributed by atoms with Gasteiger partial charge in [-0.25, -0.2) is 5.43 Å². The van der Waals surface area contributed by atoms with Crippen molar-refractivity contribution < 1.29 is 14.3 Å². The molecule has 0 fully saturated rings. The van der Waals surface area contributed by atoms with Crippen molar-refractivity contribution in [2.75, 3.05) is 12.9 Å². The Kier molecular flexibility index (Phi) is 8.96. The second-order valence-corrected chi connectivity index (χ2v) is 7.80. The molecule has 0 aliphatic carbocycles. The van der Waals surface area contributed by atoms with Gasteiger partial charge in [-0.1, -0.05) is 30.1 Å². The molecule has 0 unspecified atom stereocenters. The molecule has 0 aromatic heterocycles. The normalized spacial score (nSPS) is 12.0. The summed E-state index contributed by atoms with van der Waals surface area (Å²) in [5.74, 6) is 1.04. The minimum atomic E-state index is -0.217. The Hall–Kier alpha value is -1.89. The summed E-state index contributed by atoms with van der Waals surface area (Å²) in [4.78, 5) is 12.9. The van der Waals surface area contributed by atoms with E-state index in [4.69, 9.17) is 32.7 Å². The van der Waals surface area contributed by atoms with Gasteiger partial charge in [0, 0.05) is 9.92 Å². The van der Waals surface area contributed by atoms with Crippen molar-refractivity contribution in [3.05, 3.63) is 52.0 Å². The van der Waals surface area contributed by atoms with Gasteiger partial charge in [-0.05, 0) is 55.3 Å². The first-order valence-electron chi connectivity index (χ1n) is 8.67. The number of nitrogens with zero attached hydrogens (tertiary/aromatic N) is 1. The van der Waals surface area contributed by atoms with Gasteiger partial charge in [0.1, 0.15) is 0 Å². The van der Waals surface area contributed by atoms with Crippen LogP contribution in [0.5, 0.6) is 11.5 Å². The van der Waals surface area contributed by atoms with Crippen LogP contribution < -0.4 is 14.9 Å². The van der Waals surface area contributed by atoms with Crippen molar-refractivity contribution >= 4 is 47.1 Å². The summed E-state index contributed by atoms with van der Waals surface area (Å²) in [6.45, 7) is 3.99. The molecule has 0 saturated heterocycles. The third-order valence-corrected chi connectivity index (χ3v) is 5.28. The molecule has 0 bridgehead atoms. The Labute approximate surface area is 179 Å². The highest BCUT2D eigenvalue weighted by molar-refractivity contribution is 8.00. The first kappa shape index (κ1) is 22.4. The van der Waals surface area contributed by atoms with E-state index in [0.717, 1.165) is 11.3 Å². The van der Waals surface area contributed by atoms with Crippen molar-refractivity contribution in [2.24, 2.45) is 5.10 Å². The lowest BCUT2D eigenvalue weighted by atomic mass is 10.2. The largest absolute Gasteiger partial charge is 0.493 e. The van der Waals surface area contributed by atoms with Gasteiger partial charge in [0.15, 0.2) is 11.5 Å². The Morgan fingerprint density at radius 2 is 2.00 bits per heavy atom. The van der Waals surface area contributed by atoms with Crippen LogP contribution in [0.4, 0.5) is 0 Å². The van der Waals surface area contributed by atoms with E-state index in [0.29, 0.717) is 27.1 Å². The zero-order chi connectivity index (χ0) is 20.5. The average Bonchev–Trinajstić information content (AvgIpc) is 2.69. The van der Waals surface area contributed by atoms with Crippen LogP contribution in [0.25, 0.3) is 0 Å². The fourth-order valence-corrected chi connectivity index (χ4v) is 3.18. The lowest BCUT2D eigenvalue weighted by molar-refractivity contribution is -0.118. The number of carbonyl (C=O) groups is 1. The molecular formula is C20H22Cl2N2O3S. The fourth-order valence-electron chi connectivity index (χ4n) is 2.10. The molecule has 8 heteroatoms. The predicted molar refractivity (Wildman–Crippen MR) is 116 cm³/mol. The summed E-state index contributed by atoms with van der Waals surface area (Å²) in [7, 11) is 1.55. The second-order valence-electron chi connectivity index (χ2n) is 5.91. The molecule has 0 radical (unpaired) electrons. The van der Waals surface area contributed by atoms with Crippen molar-refractivity contribution in [1.82, 2.24) is 5.43 Å². The second kappa shape index (κ2) is 11.2. The molecule has 2 aromatic rings. The molecule has 5 nitrogen and oxygen atoms in total. The van der Waals surface area contributed by atoms with Crippen LogP contribution in [-0.2, 0) is 4.79 Å². The van der Waals surface area contributed by atoms with Gasteiger partial charge < -0.3 is 9.47 Å². The number of hydrazone groups is 1. The van der Waals surface area contributed by atoms with Crippen molar-refractivity contribution in [3.8, 4) is 11.5 Å². The molecule has 2 rings (SSSR count). The minimum Gasteiger partial charge on any atom is -0.493 e. The van der Waals surface area contributed by atoms with Crippen LogP contribution in [0, 0.1) is 0 Å². The molecular weight excluding hydrogens is 419 g/mol. The van der Waals surface area contributed by atoms with Crippen LogP contribution in [0.2, 0.25) is 10.0 Å². The summed E-state index contributed by atoms with van der Waals surface area (Å²) in [6.07, 6.45) is 2.37. The number of hydrogen-bond acceptors (Lipinski definition) is 5. The van der Waals surface area contributed by atoms with E-state index >= 15 is 0 Å². The first-order valence-corrected chi connectivity index (χ1v) is 10.4. The number of carbonyl (C=O) groups excluding carboxylic acids is 1. The molecule has 2 aromatic carbocycles. The molecule has 0 aliphatic heterocycles. The SMILES string of the molecule is CC[C@H](C)Oc1c(Cl)cc(/C=N\NC(=O)CSc2ccc(Cl)cc2)cc1OC. The monoisotopic (exact) mass is 440 g/mol. The Bertz CT molecular complexity index is 829. The molecule has 28 heavy (non-hydrogen) atoms. The summed E-state index contributed by atoms with van der Waals surface area (Å²) in [5, 5.41) is 5.06. The Morgan fingerprint density at radius 1 is 1.29 bits per heavy atom. The van der Waals surface area contributed by atoms with E-state index in [1.165, 1.54) is 18.0 Å². The number of methoxy groups -OCH3 is 1. The fraction of sp³-hybridized carbons (Fsp3) is 0.300. The molecule has 0 saturated carbocycles. The number of nitrogens with one attached hydrogen (secondary N) is 1. The molecule has 1 atom stereocenters. The number of halogens is 2. The zero-order valence-electron chi connectivity index (χ0n) is 15.9. The zero-order valence-corrected chi connectivity index (χ0v) is 18.2. The van der Waals surface area contributed by atoms with E-state index in [2.05, 4.69) is 10.5 Å². The number of ether oxygens (including phenoxy) is 2. The van der Waals surface area contributed by atoms with E-state index in [-0.39, 0.29) is 17.8 Å². The third kappa shape index (κ3) is 6.93. The van der Waals surface area contributed by atoms with Crippen molar-refractivity contribution in [2.45, 2.75) is 31.3 Å². The lowest BCUT2D eigenvalue weighted by Crippen LogP contribution is -2.19. The molecule has 0 aliphatic rings. The van der Waals surface area contributed by atoms with E-state index in [1.807, 2.05) is 26.0 Å². The number of hydrogen-bond donors (Lipinski definition) is 1. The summed E-state index contributed by atoms with van der Waals surface area (Å²) >= 11 is 13.6. The van der Waals surface area contributed by atoms with Crippen LogP contribution in [0.15, 0.2) is 46.4 Å². The van der Waals surface area contributed by atoms with Gasteiger partial charge in [-0.15, -0.1) is 11.8 Å². The van der Waals surface area contributed by atoms with Crippen LogP contribution in [0.1, 0.15) is 25.8 Å². The molecule has 1 N–H and O–H groups in total. The molecule has 0 heterocycles. The van der Waals surface area contributed by atoms with Gasteiger partial charge in [-0.3, -0.25) is 4.79 Å². The maximum absolute atomic E-state index is 11.9. The molecule has 1 amide bonds. The van der Waals surface area contributed by atoms with E-state index in [9.17, 15) is 4.79 Å². The Balaban J connectivity index is 1.94. The average molecular weight is 441 g/mol. The Morgan fingerprint density at radius 3 is 2.64 bits per heavy atom. The maximum Gasteiger partial charge on any atom is 0.250 e. The summed E-state index contributed by atoms with van der Waals surface area (Å²) in [5.41, 5.74) is 3.18. The van der Waals surface area contributed by atoms with Crippen LogP contribution in [-0.4, -0.2) is 31.1 Å². The number of amides is 1. The summed E-state index contributed by atoms with van der Waals surface area (Å²) < 4.78 is 11.2. The van der Waals surface area contributed by atoms with E-state index in [1.54, 1.807) is 31.4 Å². The van der Waals surface area contributed by atoms with Crippen LogP contribution >= 0.6 is 35.0 Å². The third-order valence-electron chi connectivity index (χ3n) is 3.73. The first-order chi connectivity index (χ1) is 13.4. The van der Waals surface area contributed by atoms with E-state index < -0.39 is 0 Å². The maximum atomic E-state index is 11.9. The lowest BCUT2D eigenvalue weighted by Gasteiger charge is -2.17. The topological polar surface area (TPSA) is 59.9 Å². The molecule has 0 spiro atoms. The smallest absolute Gasteiger partial charge is 0.250 e. The van der Waals surface area contributed by atoms with Gasteiger partial charge in [0.25, 0.3) is 0 Å². The number of benzene rings is 2. The highest BCUT2D eigenvalue weighted by Gasteiger charge is 2.14. The van der Waals surface area contributed by atoms with Crippen molar-refractivity contribution in [1.29, 1.82) is 0 Å². The predicted octanol–water partition coefficient (Wildman–Crippen LogP) is 5.42. The van der Waals surface area contributed by atoms with Crippen LogP contribution in [0.3, 0.4) is 0 Å².